The third kappa shape index (κ3) is 3.20. The van der Waals surface area contributed by atoms with Gasteiger partial charge in [-0.25, -0.2) is 4.39 Å². The number of alkyl halides is 4. The lowest BCUT2D eigenvalue weighted by Gasteiger charge is -2.32. The van der Waals surface area contributed by atoms with E-state index in [2.05, 4.69) is 0 Å². The maximum Gasteiger partial charge on any atom is 0.416 e. The molecule has 0 saturated carbocycles. The molecule has 0 radical (unpaired) electrons. The highest BCUT2D eigenvalue weighted by atomic mass is 35.5. The van der Waals surface area contributed by atoms with Crippen molar-refractivity contribution in [3.63, 3.8) is 0 Å². The summed E-state index contributed by atoms with van der Waals surface area (Å²) in [6.45, 7) is 0.396. The van der Waals surface area contributed by atoms with Crippen molar-refractivity contribution in [3.8, 4) is 0 Å². The third-order valence-electron chi connectivity index (χ3n) is 3.27. The van der Waals surface area contributed by atoms with Gasteiger partial charge in [0.2, 0.25) is 0 Å². The molecule has 0 aliphatic carbocycles. The number of hydrogen-bond acceptors (Lipinski definition) is 1. The molecule has 0 amide bonds. The zero-order valence-corrected chi connectivity index (χ0v) is 10.8. The molecular weight excluding hydrogens is 284 g/mol. The highest BCUT2D eigenvalue weighted by molar-refractivity contribution is 6.18. The Bertz CT molecular complexity index is 447. The first-order valence-electron chi connectivity index (χ1n) is 5.97. The Hall–Kier alpha value is -0.810. The number of benzene rings is 1. The van der Waals surface area contributed by atoms with E-state index in [-0.39, 0.29) is 17.4 Å². The van der Waals surface area contributed by atoms with Gasteiger partial charge in [-0.2, -0.15) is 13.2 Å². The Kier molecular flexibility index (Phi) is 4.36. The van der Waals surface area contributed by atoms with E-state index in [1.165, 1.54) is 0 Å². The fourth-order valence-corrected chi connectivity index (χ4v) is 2.68. The SMILES string of the molecule is Fc1ccc(C2OCCCC2CCl)c(C(F)(F)F)c1. The van der Waals surface area contributed by atoms with Crippen LogP contribution in [0.1, 0.15) is 30.1 Å². The van der Waals surface area contributed by atoms with Crippen LogP contribution < -0.4 is 0 Å². The van der Waals surface area contributed by atoms with Gasteiger partial charge in [0.05, 0.1) is 11.7 Å². The normalized spacial score (nSPS) is 24.5. The summed E-state index contributed by atoms with van der Waals surface area (Å²) in [6.07, 6.45) is -3.84. The lowest BCUT2D eigenvalue weighted by Crippen LogP contribution is -2.26. The summed E-state index contributed by atoms with van der Waals surface area (Å²) in [5.74, 6) is -0.865. The summed E-state index contributed by atoms with van der Waals surface area (Å²) < 4.78 is 57.4. The molecule has 0 spiro atoms. The van der Waals surface area contributed by atoms with E-state index in [0.29, 0.717) is 19.1 Å². The molecule has 1 nitrogen and oxygen atoms in total. The van der Waals surface area contributed by atoms with Crippen LogP contribution in [0.3, 0.4) is 0 Å². The standard InChI is InChI=1S/C13H13ClF4O/c14-7-8-2-1-5-19-12(8)10-4-3-9(15)6-11(10)13(16,17)18/h3-4,6,8,12H,1-2,5,7H2. The Labute approximate surface area is 113 Å². The molecule has 2 unspecified atom stereocenters. The lowest BCUT2D eigenvalue weighted by molar-refractivity contribution is -0.140. The van der Waals surface area contributed by atoms with E-state index in [9.17, 15) is 17.6 Å². The highest BCUT2D eigenvalue weighted by Crippen LogP contribution is 2.41. The van der Waals surface area contributed by atoms with Gasteiger partial charge in [0.15, 0.2) is 0 Å². The monoisotopic (exact) mass is 296 g/mol. The largest absolute Gasteiger partial charge is 0.416 e. The molecule has 1 aliphatic rings. The molecule has 0 N–H and O–H groups in total. The van der Waals surface area contributed by atoms with Crippen molar-refractivity contribution >= 4 is 11.6 Å². The van der Waals surface area contributed by atoms with Crippen LogP contribution in [0.4, 0.5) is 17.6 Å². The van der Waals surface area contributed by atoms with Crippen molar-refractivity contribution in [1.29, 1.82) is 0 Å². The minimum absolute atomic E-state index is 0.0285. The quantitative estimate of drug-likeness (QED) is 0.574. The maximum absolute atomic E-state index is 13.1. The molecule has 0 aromatic heterocycles. The molecule has 1 aromatic carbocycles. The van der Waals surface area contributed by atoms with E-state index in [4.69, 9.17) is 16.3 Å². The van der Waals surface area contributed by atoms with E-state index >= 15 is 0 Å². The Balaban J connectivity index is 2.43. The van der Waals surface area contributed by atoms with E-state index < -0.39 is 23.7 Å². The third-order valence-corrected chi connectivity index (χ3v) is 3.67. The minimum Gasteiger partial charge on any atom is -0.373 e. The van der Waals surface area contributed by atoms with Gasteiger partial charge >= 0.3 is 6.18 Å². The van der Waals surface area contributed by atoms with Crippen LogP contribution in [0.2, 0.25) is 0 Å². The lowest BCUT2D eigenvalue weighted by atomic mass is 9.88. The molecule has 2 atom stereocenters. The molecule has 6 heteroatoms. The van der Waals surface area contributed by atoms with E-state index in [1.54, 1.807) is 0 Å². The zero-order valence-electron chi connectivity index (χ0n) is 10.0. The highest BCUT2D eigenvalue weighted by Gasteiger charge is 2.38. The summed E-state index contributed by atoms with van der Waals surface area (Å²) >= 11 is 5.79. The molecule has 2 rings (SSSR count). The summed E-state index contributed by atoms with van der Waals surface area (Å²) in [5, 5.41) is 0. The first-order chi connectivity index (χ1) is 8.93. The molecule has 19 heavy (non-hydrogen) atoms. The second-order valence-electron chi connectivity index (χ2n) is 4.58. The predicted molar refractivity (Wildman–Crippen MR) is 63.5 cm³/mol. The van der Waals surface area contributed by atoms with Crippen LogP contribution in [-0.2, 0) is 10.9 Å². The molecule has 1 aromatic rings. The van der Waals surface area contributed by atoms with Crippen LogP contribution in [0, 0.1) is 11.7 Å². The van der Waals surface area contributed by atoms with Crippen LogP contribution >= 0.6 is 11.6 Å². The Morgan fingerprint density at radius 1 is 1.32 bits per heavy atom. The molecular formula is C13H13ClF4O. The minimum atomic E-state index is -4.60. The molecule has 0 bridgehead atoms. The second kappa shape index (κ2) is 5.67. The fraction of sp³-hybridized carbons (Fsp3) is 0.538. The smallest absolute Gasteiger partial charge is 0.373 e. The van der Waals surface area contributed by atoms with Gasteiger partial charge < -0.3 is 4.74 Å². The van der Waals surface area contributed by atoms with Gasteiger partial charge in [0, 0.05) is 18.4 Å². The molecule has 1 saturated heterocycles. The molecule has 1 aliphatic heterocycles. The fourth-order valence-electron chi connectivity index (χ4n) is 2.37. The van der Waals surface area contributed by atoms with Crippen LogP contribution in [0.5, 0.6) is 0 Å². The summed E-state index contributed by atoms with van der Waals surface area (Å²) in [4.78, 5) is 0. The Morgan fingerprint density at radius 2 is 2.05 bits per heavy atom. The van der Waals surface area contributed by atoms with Crippen molar-refractivity contribution in [2.24, 2.45) is 5.92 Å². The van der Waals surface area contributed by atoms with Crippen LogP contribution in [0.25, 0.3) is 0 Å². The van der Waals surface area contributed by atoms with Gasteiger partial charge in [-0.05, 0) is 30.5 Å². The van der Waals surface area contributed by atoms with Crippen molar-refractivity contribution in [2.75, 3.05) is 12.5 Å². The van der Waals surface area contributed by atoms with Gasteiger partial charge in [-0.3, -0.25) is 0 Å². The van der Waals surface area contributed by atoms with Crippen LogP contribution in [0.15, 0.2) is 18.2 Å². The molecule has 1 fully saturated rings. The zero-order chi connectivity index (χ0) is 14.0. The average Bonchev–Trinajstić information content (AvgIpc) is 2.37. The van der Waals surface area contributed by atoms with Crippen molar-refractivity contribution < 1.29 is 22.3 Å². The van der Waals surface area contributed by atoms with E-state index in [0.717, 1.165) is 18.6 Å². The molecule has 1 heterocycles. The van der Waals surface area contributed by atoms with Crippen LogP contribution in [-0.4, -0.2) is 12.5 Å². The number of hydrogen-bond donors (Lipinski definition) is 0. The second-order valence-corrected chi connectivity index (χ2v) is 4.89. The predicted octanol–water partition coefficient (Wildman–Crippen LogP) is 4.55. The average molecular weight is 297 g/mol. The van der Waals surface area contributed by atoms with Gasteiger partial charge in [-0.1, -0.05) is 6.07 Å². The van der Waals surface area contributed by atoms with Crippen molar-refractivity contribution in [2.45, 2.75) is 25.1 Å². The van der Waals surface area contributed by atoms with Gasteiger partial charge in [0.1, 0.15) is 5.82 Å². The number of ether oxygens (including phenoxy) is 1. The van der Waals surface area contributed by atoms with Crippen molar-refractivity contribution in [3.05, 3.63) is 35.1 Å². The number of rotatable bonds is 2. The van der Waals surface area contributed by atoms with Gasteiger partial charge in [-0.15, -0.1) is 11.6 Å². The first kappa shape index (κ1) is 14.6. The summed E-state index contributed by atoms with van der Waals surface area (Å²) in [6, 6.07) is 2.68. The molecule has 106 valence electrons. The van der Waals surface area contributed by atoms with E-state index in [1.807, 2.05) is 0 Å². The first-order valence-corrected chi connectivity index (χ1v) is 6.51. The van der Waals surface area contributed by atoms with Crippen molar-refractivity contribution in [1.82, 2.24) is 0 Å². The number of halogens is 5. The van der Waals surface area contributed by atoms with Gasteiger partial charge in [0.25, 0.3) is 0 Å². The summed E-state index contributed by atoms with van der Waals surface area (Å²) in [7, 11) is 0. The maximum atomic E-state index is 13.1. The topological polar surface area (TPSA) is 9.23 Å². The Morgan fingerprint density at radius 3 is 2.68 bits per heavy atom. The summed E-state index contributed by atoms with van der Waals surface area (Å²) in [5.41, 5.74) is -1.01.